The highest BCUT2D eigenvalue weighted by atomic mass is 14.1. The number of hydrogen-bond donors (Lipinski definition) is 0. The van der Waals surface area contributed by atoms with Crippen molar-refractivity contribution in [3.8, 4) is 0 Å². The molecule has 0 heteroatoms. The summed E-state index contributed by atoms with van der Waals surface area (Å²) in [6.07, 6.45) is 38.3. The van der Waals surface area contributed by atoms with E-state index in [9.17, 15) is 0 Å². The second-order valence-electron chi connectivity index (χ2n) is 11.6. The van der Waals surface area contributed by atoms with Crippen LogP contribution >= 0.6 is 0 Å². The van der Waals surface area contributed by atoms with E-state index in [1.54, 1.807) is 0 Å². The normalized spacial score (nSPS) is 12.7. The zero-order chi connectivity index (χ0) is 23.5. The molecule has 0 aromatic carbocycles. The fourth-order valence-corrected chi connectivity index (χ4v) is 5.11. The van der Waals surface area contributed by atoms with Crippen molar-refractivity contribution in [2.45, 2.75) is 195 Å². The maximum atomic E-state index is 2.50. The number of unbranched alkanes of at least 4 members (excludes halogenated alkanes) is 21. The third-order valence-electron chi connectivity index (χ3n) is 7.53. The van der Waals surface area contributed by atoms with Crippen LogP contribution in [0.4, 0.5) is 0 Å². The van der Waals surface area contributed by atoms with Crippen molar-refractivity contribution >= 4 is 0 Å². The van der Waals surface area contributed by atoms with Crippen molar-refractivity contribution < 1.29 is 0 Å². The van der Waals surface area contributed by atoms with Gasteiger partial charge in [-0.25, -0.2) is 0 Å². The zero-order valence-electron chi connectivity index (χ0n) is 23.5. The predicted octanol–water partition coefficient (Wildman–Crippen LogP) is 12.4. The highest BCUT2D eigenvalue weighted by molar-refractivity contribution is 4.56. The predicted molar refractivity (Wildman–Crippen MR) is 150 cm³/mol. The van der Waals surface area contributed by atoms with Crippen LogP contribution in [0.3, 0.4) is 0 Å². The highest BCUT2D eigenvalue weighted by Gasteiger charge is 2.02. The molecule has 0 saturated carbocycles. The summed E-state index contributed by atoms with van der Waals surface area (Å²) in [4.78, 5) is 0. The molecule has 0 spiro atoms. The van der Waals surface area contributed by atoms with Crippen molar-refractivity contribution in [2.75, 3.05) is 0 Å². The summed E-state index contributed by atoms with van der Waals surface area (Å²) >= 11 is 0. The largest absolute Gasteiger partial charge is 0.0654 e. The van der Waals surface area contributed by atoms with Crippen molar-refractivity contribution in [3.05, 3.63) is 0 Å². The van der Waals surface area contributed by atoms with E-state index in [1.165, 1.54) is 167 Å². The number of rotatable bonds is 27. The topological polar surface area (TPSA) is 0 Å². The maximum Gasteiger partial charge on any atom is -0.0443 e. The first-order valence-corrected chi connectivity index (χ1v) is 15.7. The molecule has 0 N–H and O–H groups in total. The summed E-state index contributed by atoms with van der Waals surface area (Å²) in [5.74, 6) is 1.86. The maximum absolute atomic E-state index is 2.50. The molecule has 0 bridgehead atoms. The minimum absolute atomic E-state index is 0.895. The molecule has 0 saturated heterocycles. The Morgan fingerprint density at radius 1 is 0.312 bits per heavy atom. The molecule has 0 fully saturated rings. The van der Waals surface area contributed by atoms with Gasteiger partial charge in [-0.2, -0.15) is 0 Å². The third kappa shape index (κ3) is 28.0. The Kier molecular flexibility index (Phi) is 27.2. The Labute approximate surface area is 206 Å². The molecule has 0 heterocycles. The molecule has 0 nitrogen and oxygen atoms in total. The Morgan fingerprint density at radius 2 is 0.562 bits per heavy atom. The average molecular weight is 451 g/mol. The number of hydrogen-bond acceptors (Lipinski definition) is 0. The van der Waals surface area contributed by atoms with E-state index in [0.717, 1.165) is 11.8 Å². The summed E-state index contributed by atoms with van der Waals surface area (Å²) in [5, 5.41) is 0. The van der Waals surface area contributed by atoms with Crippen molar-refractivity contribution in [1.29, 1.82) is 0 Å². The Hall–Kier alpha value is 0. The zero-order valence-corrected chi connectivity index (χ0v) is 23.5. The molecular formula is C32H66. The Morgan fingerprint density at radius 3 is 0.844 bits per heavy atom. The first-order chi connectivity index (χ1) is 15.7. The molecule has 0 aliphatic heterocycles. The molecular weight excluding hydrogens is 384 g/mol. The van der Waals surface area contributed by atoms with Crippen molar-refractivity contribution in [3.63, 3.8) is 0 Å². The lowest BCUT2D eigenvalue weighted by Crippen LogP contribution is -1.95. The monoisotopic (exact) mass is 451 g/mol. The lowest BCUT2D eigenvalue weighted by atomic mass is 9.95. The van der Waals surface area contributed by atoms with Crippen LogP contribution in [0, 0.1) is 11.8 Å². The lowest BCUT2D eigenvalue weighted by Gasteiger charge is -2.11. The van der Waals surface area contributed by atoms with Gasteiger partial charge >= 0.3 is 0 Å². The second kappa shape index (κ2) is 27.2. The summed E-state index contributed by atoms with van der Waals surface area (Å²) in [5.41, 5.74) is 0. The van der Waals surface area contributed by atoms with Crippen LogP contribution in [0.15, 0.2) is 0 Å². The lowest BCUT2D eigenvalue weighted by molar-refractivity contribution is 0.429. The molecule has 0 aliphatic rings. The SMILES string of the molecule is CCCCCCCCCCCCCCCCC(C)CCCCCCCCCCCC(C)C. The Balaban J connectivity index is 3.14. The van der Waals surface area contributed by atoms with Gasteiger partial charge in [0.05, 0.1) is 0 Å². The fourth-order valence-electron chi connectivity index (χ4n) is 5.11. The van der Waals surface area contributed by atoms with Gasteiger partial charge in [-0.05, 0) is 11.8 Å². The molecule has 0 amide bonds. The van der Waals surface area contributed by atoms with Gasteiger partial charge < -0.3 is 0 Å². The summed E-state index contributed by atoms with van der Waals surface area (Å²) < 4.78 is 0. The van der Waals surface area contributed by atoms with E-state index in [0.29, 0.717) is 0 Å². The molecule has 194 valence electrons. The smallest absolute Gasteiger partial charge is 0.0443 e. The Bertz CT molecular complexity index is 318. The van der Waals surface area contributed by atoms with Crippen LogP contribution in [0.25, 0.3) is 0 Å². The summed E-state index contributed by atoms with van der Waals surface area (Å²) in [6.45, 7) is 9.50. The van der Waals surface area contributed by atoms with Crippen molar-refractivity contribution in [1.82, 2.24) is 0 Å². The quantitative estimate of drug-likeness (QED) is 0.109. The fraction of sp³-hybridized carbons (Fsp3) is 1.00. The standard InChI is InChI=1S/C32H66/c1-5-6-7-8-9-10-11-12-13-14-17-20-23-26-29-32(4)30-27-24-21-18-15-16-19-22-25-28-31(2)3/h31-32H,5-30H2,1-4H3. The van der Waals surface area contributed by atoms with E-state index in [4.69, 9.17) is 0 Å². The molecule has 1 atom stereocenters. The van der Waals surface area contributed by atoms with Crippen molar-refractivity contribution in [2.24, 2.45) is 11.8 Å². The van der Waals surface area contributed by atoms with Gasteiger partial charge in [-0.1, -0.05) is 195 Å². The van der Waals surface area contributed by atoms with E-state index in [-0.39, 0.29) is 0 Å². The van der Waals surface area contributed by atoms with Gasteiger partial charge in [0.2, 0.25) is 0 Å². The summed E-state index contributed by atoms with van der Waals surface area (Å²) in [7, 11) is 0. The van der Waals surface area contributed by atoms with Crippen LogP contribution in [-0.2, 0) is 0 Å². The van der Waals surface area contributed by atoms with Gasteiger partial charge in [-0.3, -0.25) is 0 Å². The van der Waals surface area contributed by atoms with Gasteiger partial charge in [-0.15, -0.1) is 0 Å². The molecule has 0 rings (SSSR count). The first-order valence-electron chi connectivity index (χ1n) is 15.7. The molecule has 0 aliphatic carbocycles. The van der Waals surface area contributed by atoms with Crippen LogP contribution in [-0.4, -0.2) is 0 Å². The average Bonchev–Trinajstić information content (AvgIpc) is 2.77. The molecule has 0 radical (unpaired) electrons. The molecule has 1 unspecified atom stereocenters. The van der Waals surface area contributed by atoms with Crippen LogP contribution < -0.4 is 0 Å². The van der Waals surface area contributed by atoms with E-state index in [2.05, 4.69) is 27.7 Å². The van der Waals surface area contributed by atoms with E-state index >= 15 is 0 Å². The van der Waals surface area contributed by atoms with E-state index in [1.807, 2.05) is 0 Å². The molecule has 0 aromatic heterocycles. The minimum Gasteiger partial charge on any atom is -0.0654 e. The van der Waals surface area contributed by atoms with Crippen LogP contribution in [0.5, 0.6) is 0 Å². The van der Waals surface area contributed by atoms with Crippen LogP contribution in [0.2, 0.25) is 0 Å². The summed E-state index contributed by atoms with van der Waals surface area (Å²) in [6, 6.07) is 0. The van der Waals surface area contributed by atoms with Gasteiger partial charge in [0.1, 0.15) is 0 Å². The molecule has 0 aromatic rings. The highest BCUT2D eigenvalue weighted by Crippen LogP contribution is 2.19. The van der Waals surface area contributed by atoms with Gasteiger partial charge in [0, 0.05) is 0 Å². The first kappa shape index (κ1) is 32.0. The van der Waals surface area contributed by atoms with Gasteiger partial charge in [0.15, 0.2) is 0 Å². The van der Waals surface area contributed by atoms with Crippen LogP contribution in [0.1, 0.15) is 195 Å². The second-order valence-corrected chi connectivity index (χ2v) is 11.6. The third-order valence-corrected chi connectivity index (χ3v) is 7.53. The molecule has 32 heavy (non-hydrogen) atoms. The van der Waals surface area contributed by atoms with Gasteiger partial charge in [0.25, 0.3) is 0 Å². The van der Waals surface area contributed by atoms with E-state index < -0.39 is 0 Å². The minimum atomic E-state index is 0.895.